The predicted octanol–water partition coefficient (Wildman–Crippen LogP) is 0.839. The van der Waals surface area contributed by atoms with Gasteiger partial charge in [-0.2, -0.15) is 0 Å². The zero-order chi connectivity index (χ0) is 13.8. The van der Waals surface area contributed by atoms with Crippen molar-refractivity contribution in [1.82, 2.24) is 10.3 Å². The summed E-state index contributed by atoms with van der Waals surface area (Å²) in [5.74, 6) is 0.102. The van der Waals surface area contributed by atoms with Crippen molar-refractivity contribution in [3.63, 3.8) is 0 Å². The first-order valence-corrected chi connectivity index (χ1v) is 6.11. The fourth-order valence-corrected chi connectivity index (χ4v) is 1.60. The lowest BCUT2D eigenvalue weighted by Gasteiger charge is -2.22. The number of hydrogen-bond acceptors (Lipinski definition) is 5. The van der Waals surface area contributed by atoms with Gasteiger partial charge in [0.1, 0.15) is 5.75 Å². The Kier molecular flexibility index (Phi) is 5.07. The number of aliphatic hydroxyl groups excluding tert-OH is 1. The van der Waals surface area contributed by atoms with Gasteiger partial charge in [-0.3, -0.25) is 4.98 Å². The second-order valence-corrected chi connectivity index (χ2v) is 4.81. The molecule has 0 aromatic carbocycles. The number of pyridine rings is 1. The van der Waals surface area contributed by atoms with Gasteiger partial charge in [0, 0.05) is 30.4 Å². The van der Waals surface area contributed by atoms with Gasteiger partial charge in [0.25, 0.3) is 0 Å². The Bertz CT molecular complexity index is 405. The van der Waals surface area contributed by atoms with Crippen LogP contribution in [0.4, 0.5) is 0 Å². The standard InChI is InChI=1S/C13H22N2O3/c1-4-13(3,18)8-14-6-11-10(7-16)5-15-9(2)12(11)17/h5,14,16-18H,4,6-8H2,1-3H3. The number of aromatic nitrogens is 1. The lowest BCUT2D eigenvalue weighted by molar-refractivity contribution is 0.0554. The van der Waals surface area contributed by atoms with Crippen LogP contribution in [0.1, 0.15) is 37.1 Å². The van der Waals surface area contributed by atoms with E-state index in [0.29, 0.717) is 36.3 Å². The summed E-state index contributed by atoms with van der Waals surface area (Å²) in [7, 11) is 0. The van der Waals surface area contributed by atoms with Crippen molar-refractivity contribution in [2.45, 2.75) is 45.9 Å². The third-order valence-corrected chi connectivity index (χ3v) is 3.17. The van der Waals surface area contributed by atoms with Crippen LogP contribution in [-0.2, 0) is 13.2 Å². The molecule has 0 saturated carbocycles. The van der Waals surface area contributed by atoms with E-state index in [1.807, 2.05) is 6.92 Å². The third kappa shape index (κ3) is 3.66. The van der Waals surface area contributed by atoms with Crippen LogP contribution in [0.15, 0.2) is 6.20 Å². The van der Waals surface area contributed by atoms with Crippen LogP contribution < -0.4 is 5.32 Å². The molecule has 0 amide bonds. The van der Waals surface area contributed by atoms with Crippen LogP contribution in [-0.4, -0.2) is 32.4 Å². The van der Waals surface area contributed by atoms with Crippen molar-refractivity contribution in [3.05, 3.63) is 23.0 Å². The van der Waals surface area contributed by atoms with E-state index in [4.69, 9.17) is 0 Å². The number of rotatable bonds is 6. The van der Waals surface area contributed by atoms with Gasteiger partial charge in [-0.1, -0.05) is 6.92 Å². The van der Waals surface area contributed by atoms with Crippen molar-refractivity contribution < 1.29 is 15.3 Å². The number of nitrogens with one attached hydrogen (secondary N) is 1. The molecular weight excluding hydrogens is 232 g/mol. The molecule has 0 bridgehead atoms. The Hall–Kier alpha value is -1.17. The summed E-state index contributed by atoms with van der Waals surface area (Å²) in [4.78, 5) is 4.00. The summed E-state index contributed by atoms with van der Waals surface area (Å²) in [6, 6.07) is 0. The smallest absolute Gasteiger partial charge is 0.141 e. The minimum absolute atomic E-state index is 0.102. The molecule has 102 valence electrons. The molecule has 1 aromatic heterocycles. The van der Waals surface area contributed by atoms with Crippen LogP contribution in [0.2, 0.25) is 0 Å². The number of hydrogen-bond donors (Lipinski definition) is 4. The maximum Gasteiger partial charge on any atom is 0.141 e. The van der Waals surface area contributed by atoms with Gasteiger partial charge in [0.2, 0.25) is 0 Å². The molecule has 1 unspecified atom stereocenters. The highest BCUT2D eigenvalue weighted by molar-refractivity contribution is 5.40. The molecule has 0 spiro atoms. The molecular formula is C13H22N2O3. The number of aliphatic hydroxyl groups is 2. The molecule has 0 aliphatic carbocycles. The van der Waals surface area contributed by atoms with Gasteiger partial charge in [-0.05, 0) is 20.3 Å². The van der Waals surface area contributed by atoms with Gasteiger partial charge < -0.3 is 20.6 Å². The highest BCUT2D eigenvalue weighted by Crippen LogP contribution is 2.23. The van der Waals surface area contributed by atoms with Crippen molar-refractivity contribution in [1.29, 1.82) is 0 Å². The first-order chi connectivity index (χ1) is 8.41. The summed E-state index contributed by atoms with van der Waals surface area (Å²) < 4.78 is 0. The van der Waals surface area contributed by atoms with Crippen LogP contribution in [0.3, 0.4) is 0 Å². The number of aryl methyl sites for hydroxylation is 1. The van der Waals surface area contributed by atoms with Crippen LogP contribution in [0.25, 0.3) is 0 Å². The lowest BCUT2D eigenvalue weighted by Crippen LogP contribution is -2.36. The van der Waals surface area contributed by atoms with E-state index in [1.54, 1.807) is 20.0 Å². The lowest BCUT2D eigenvalue weighted by atomic mass is 10.0. The minimum Gasteiger partial charge on any atom is -0.506 e. The van der Waals surface area contributed by atoms with Crippen molar-refractivity contribution in [2.24, 2.45) is 0 Å². The molecule has 0 saturated heterocycles. The molecule has 1 atom stereocenters. The monoisotopic (exact) mass is 254 g/mol. The summed E-state index contributed by atoms with van der Waals surface area (Å²) in [6.07, 6.45) is 2.21. The van der Waals surface area contributed by atoms with Crippen molar-refractivity contribution in [3.8, 4) is 5.75 Å². The van der Waals surface area contributed by atoms with Crippen molar-refractivity contribution in [2.75, 3.05) is 6.54 Å². The number of aromatic hydroxyl groups is 1. The van der Waals surface area contributed by atoms with E-state index in [9.17, 15) is 15.3 Å². The van der Waals surface area contributed by atoms with Gasteiger partial charge in [-0.25, -0.2) is 0 Å². The van der Waals surface area contributed by atoms with E-state index < -0.39 is 5.60 Å². The maximum absolute atomic E-state index is 9.92. The van der Waals surface area contributed by atoms with Gasteiger partial charge in [0.15, 0.2) is 0 Å². The quantitative estimate of drug-likeness (QED) is 0.604. The van der Waals surface area contributed by atoms with E-state index in [1.165, 1.54) is 0 Å². The highest BCUT2D eigenvalue weighted by Gasteiger charge is 2.17. The average Bonchev–Trinajstić information content (AvgIpc) is 2.34. The summed E-state index contributed by atoms with van der Waals surface area (Å²) in [5, 5.41) is 32.1. The molecule has 1 aromatic rings. The largest absolute Gasteiger partial charge is 0.506 e. The van der Waals surface area contributed by atoms with Crippen LogP contribution >= 0.6 is 0 Å². The molecule has 18 heavy (non-hydrogen) atoms. The van der Waals surface area contributed by atoms with E-state index in [0.717, 1.165) is 0 Å². The van der Waals surface area contributed by atoms with Gasteiger partial charge in [-0.15, -0.1) is 0 Å². The third-order valence-electron chi connectivity index (χ3n) is 3.17. The Morgan fingerprint density at radius 1 is 1.44 bits per heavy atom. The first kappa shape index (κ1) is 14.9. The fraction of sp³-hybridized carbons (Fsp3) is 0.615. The molecule has 0 aliphatic rings. The van der Waals surface area contributed by atoms with E-state index >= 15 is 0 Å². The second kappa shape index (κ2) is 6.13. The molecule has 0 fully saturated rings. The minimum atomic E-state index is -0.767. The van der Waals surface area contributed by atoms with Crippen LogP contribution in [0, 0.1) is 6.92 Å². The zero-order valence-corrected chi connectivity index (χ0v) is 11.2. The maximum atomic E-state index is 9.92. The fourth-order valence-electron chi connectivity index (χ4n) is 1.60. The van der Waals surface area contributed by atoms with E-state index in [2.05, 4.69) is 10.3 Å². The van der Waals surface area contributed by atoms with Crippen LogP contribution in [0.5, 0.6) is 5.75 Å². The Morgan fingerprint density at radius 2 is 2.11 bits per heavy atom. The number of nitrogens with zero attached hydrogens (tertiary/aromatic N) is 1. The Labute approximate surface area is 108 Å². The molecule has 5 heteroatoms. The topological polar surface area (TPSA) is 85.6 Å². The molecule has 1 rings (SSSR count). The second-order valence-electron chi connectivity index (χ2n) is 4.81. The molecule has 0 radical (unpaired) electrons. The Morgan fingerprint density at radius 3 is 2.67 bits per heavy atom. The molecule has 0 aliphatic heterocycles. The predicted molar refractivity (Wildman–Crippen MR) is 69.2 cm³/mol. The average molecular weight is 254 g/mol. The van der Waals surface area contributed by atoms with Crippen molar-refractivity contribution >= 4 is 0 Å². The highest BCUT2D eigenvalue weighted by atomic mass is 16.3. The zero-order valence-electron chi connectivity index (χ0n) is 11.2. The first-order valence-electron chi connectivity index (χ1n) is 6.11. The molecule has 4 N–H and O–H groups in total. The molecule has 1 heterocycles. The van der Waals surface area contributed by atoms with Gasteiger partial charge >= 0.3 is 0 Å². The summed E-state index contributed by atoms with van der Waals surface area (Å²) >= 11 is 0. The SMILES string of the molecule is CCC(C)(O)CNCc1c(CO)cnc(C)c1O. The van der Waals surface area contributed by atoms with E-state index in [-0.39, 0.29) is 12.4 Å². The normalized spacial score (nSPS) is 14.5. The summed E-state index contributed by atoms with van der Waals surface area (Å²) in [6.45, 7) is 6.03. The summed E-state index contributed by atoms with van der Waals surface area (Å²) in [5.41, 5.74) is 1.00. The Balaban J connectivity index is 2.75. The van der Waals surface area contributed by atoms with Gasteiger partial charge in [0.05, 0.1) is 17.9 Å². The molecule has 5 nitrogen and oxygen atoms in total.